The summed E-state index contributed by atoms with van der Waals surface area (Å²) in [5.41, 5.74) is 1.04. The fourth-order valence-electron chi connectivity index (χ4n) is 2.21. The Morgan fingerprint density at radius 1 is 1.47 bits per heavy atom. The van der Waals surface area contributed by atoms with Crippen molar-refractivity contribution in [2.24, 2.45) is 0 Å². The Labute approximate surface area is 115 Å². The summed E-state index contributed by atoms with van der Waals surface area (Å²) in [7, 11) is 0. The normalized spacial score (nSPS) is 20.6. The minimum Gasteiger partial charge on any atom is -0.368 e. The molecule has 106 valence electrons. The molecule has 5 heteroatoms. The lowest BCUT2D eigenvalue weighted by Crippen LogP contribution is -2.38. The number of nitrogens with zero attached hydrogens (tertiary/aromatic N) is 3. The van der Waals surface area contributed by atoms with E-state index in [0.717, 1.165) is 57.3 Å². The van der Waals surface area contributed by atoms with Crippen molar-refractivity contribution in [3.63, 3.8) is 0 Å². The van der Waals surface area contributed by atoms with E-state index in [4.69, 9.17) is 4.74 Å². The van der Waals surface area contributed by atoms with Gasteiger partial charge in [-0.05, 0) is 25.6 Å². The van der Waals surface area contributed by atoms with E-state index in [0.29, 0.717) is 0 Å². The van der Waals surface area contributed by atoms with Crippen LogP contribution in [0.1, 0.15) is 37.9 Å². The zero-order valence-corrected chi connectivity index (χ0v) is 11.9. The molecular formula is C14H24N4O. The molecule has 1 aromatic rings. The third-order valence-corrected chi connectivity index (χ3v) is 3.35. The number of nitrogens with one attached hydrogen (secondary N) is 1. The van der Waals surface area contributed by atoms with E-state index in [1.807, 2.05) is 12.3 Å². The smallest absolute Gasteiger partial charge is 0.158 e. The minimum absolute atomic E-state index is 0.0137. The molecule has 19 heavy (non-hydrogen) atoms. The van der Waals surface area contributed by atoms with Crippen molar-refractivity contribution >= 4 is 0 Å². The molecule has 0 bridgehead atoms. The highest BCUT2D eigenvalue weighted by atomic mass is 16.5. The van der Waals surface area contributed by atoms with Crippen LogP contribution in [0, 0.1) is 0 Å². The van der Waals surface area contributed by atoms with Crippen LogP contribution in [0.4, 0.5) is 0 Å². The first-order chi connectivity index (χ1) is 9.33. The largest absolute Gasteiger partial charge is 0.368 e. The highest BCUT2D eigenvalue weighted by molar-refractivity contribution is 5.05. The van der Waals surface area contributed by atoms with Gasteiger partial charge >= 0.3 is 0 Å². The van der Waals surface area contributed by atoms with Gasteiger partial charge < -0.3 is 10.1 Å². The molecule has 1 fully saturated rings. The van der Waals surface area contributed by atoms with E-state index in [1.54, 1.807) is 0 Å². The average molecular weight is 264 g/mol. The first kappa shape index (κ1) is 14.4. The maximum atomic E-state index is 5.79. The number of likely N-dealkylation sites (N-methyl/N-ethyl adjacent to an activating group) is 1. The zero-order valence-electron chi connectivity index (χ0n) is 11.9. The van der Waals surface area contributed by atoms with Gasteiger partial charge in [0.15, 0.2) is 5.82 Å². The standard InChI is InChI=1S/C14H24N4O/c1-3-6-15-10-12-5-7-16-14(17-12)13-11-18(4-2)8-9-19-13/h5,7,13,15H,3-4,6,8-11H2,1-2H3. The first-order valence-electron chi connectivity index (χ1n) is 7.20. The second-order valence-electron chi connectivity index (χ2n) is 4.84. The molecule has 0 spiro atoms. The van der Waals surface area contributed by atoms with Crippen LogP contribution in [-0.4, -0.2) is 47.7 Å². The van der Waals surface area contributed by atoms with Crippen LogP contribution >= 0.6 is 0 Å². The fourth-order valence-corrected chi connectivity index (χ4v) is 2.21. The van der Waals surface area contributed by atoms with Crippen LogP contribution in [-0.2, 0) is 11.3 Å². The number of aromatic nitrogens is 2. The van der Waals surface area contributed by atoms with E-state index < -0.39 is 0 Å². The molecule has 1 unspecified atom stereocenters. The van der Waals surface area contributed by atoms with Crippen molar-refractivity contribution in [2.45, 2.75) is 32.9 Å². The third-order valence-electron chi connectivity index (χ3n) is 3.35. The van der Waals surface area contributed by atoms with E-state index in [-0.39, 0.29) is 6.10 Å². The fraction of sp³-hybridized carbons (Fsp3) is 0.714. The summed E-state index contributed by atoms with van der Waals surface area (Å²) in [5, 5.41) is 3.36. The predicted octanol–water partition coefficient (Wildman–Crippen LogP) is 1.37. The Bertz CT molecular complexity index is 385. The summed E-state index contributed by atoms with van der Waals surface area (Å²) in [6.07, 6.45) is 2.98. The van der Waals surface area contributed by atoms with E-state index >= 15 is 0 Å². The maximum absolute atomic E-state index is 5.79. The molecule has 0 radical (unpaired) electrons. The van der Waals surface area contributed by atoms with E-state index in [1.165, 1.54) is 0 Å². The third kappa shape index (κ3) is 4.23. The van der Waals surface area contributed by atoms with Crippen molar-refractivity contribution in [3.8, 4) is 0 Å². The van der Waals surface area contributed by atoms with Gasteiger partial charge in [0, 0.05) is 25.8 Å². The Balaban J connectivity index is 1.97. The van der Waals surface area contributed by atoms with Gasteiger partial charge in [0.2, 0.25) is 0 Å². The molecule has 1 aliphatic rings. The van der Waals surface area contributed by atoms with Crippen LogP contribution in [0.3, 0.4) is 0 Å². The van der Waals surface area contributed by atoms with Crippen LogP contribution in [0.25, 0.3) is 0 Å². The second-order valence-corrected chi connectivity index (χ2v) is 4.84. The molecule has 1 aromatic heterocycles. The summed E-state index contributed by atoms with van der Waals surface area (Å²) in [6.45, 7) is 9.86. The zero-order chi connectivity index (χ0) is 13.5. The Morgan fingerprint density at radius 3 is 3.16 bits per heavy atom. The van der Waals surface area contributed by atoms with Gasteiger partial charge in [0.05, 0.1) is 12.3 Å². The highest BCUT2D eigenvalue weighted by Gasteiger charge is 2.23. The monoisotopic (exact) mass is 264 g/mol. The van der Waals surface area contributed by atoms with Crippen LogP contribution in [0.15, 0.2) is 12.3 Å². The lowest BCUT2D eigenvalue weighted by Gasteiger charge is -2.31. The van der Waals surface area contributed by atoms with E-state index in [2.05, 4.69) is 34.0 Å². The van der Waals surface area contributed by atoms with Gasteiger partial charge in [-0.25, -0.2) is 9.97 Å². The van der Waals surface area contributed by atoms with Crippen LogP contribution < -0.4 is 5.32 Å². The number of morpholine rings is 1. The molecule has 0 amide bonds. The molecule has 0 aliphatic carbocycles. The minimum atomic E-state index is 0.0137. The Morgan fingerprint density at radius 2 is 2.37 bits per heavy atom. The molecule has 1 aliphatic heterocycles. The van der Waals surface area contributed by atoms with Crippen molar-refractivity contribution in [3.05, 3.63) is 23.8 Å². The van der Waals surface area contributed by atoms with Crippen LogP contribution in [0.5, 0.6) is 0 Å². The van der Waals surface area contributed by atoms with Gasteiger partial charge in [0.25, 0.3) is 0 Å². The van der Waals surface area contributed by atoms with Crippen molar-refractivity contribution in [1.29, 1.82) is 0 Å². The summed E-state index contributed by atoms with van der Waals surface area (Å²) in [5.74, 6) is 0.814. The van der Waals surface area contributed by atoms with Gasteiger partial charge in [-0.3, -0.25) is 4.90 Å². The lowest BCUT2D eigenvalue weighted by molar-refractivity contribution is -0.0326. The molecule has 1 saturated heterocycles. The summed E-state index contributed by atoms with van der Waals surface area (Å²) in [4.78, 5) is 11.4. The van der Waals surface area contributed by atoms with Crippen molar-refractivity contribution in [1.82, 2.24) is 20.2 Å². The molecular weight excluding hydrogens is 240 g/mol. The maximum Gasteiger partial charge on any atom is 0.158 e. The number of hydrogen-bond acceptors (Lipinski definition) is 5. The summed E-state index contributed by atoms with van der Waals surface area (Å²) < 4.78 is 5.79. The molecule has 0 aromatic carbocycles. The second kappa shape index (κ2) is 7.53. The lowest BCUT2D eigenvalue weighted by atomic mass is 10.2. The molecule has 0 saturated carbocycles. The predicted molar refractivity (Wildman–Crippen MR) is 74.8 cm³/mol. The van der Waals surface area contributed by atoms with Crippen molar-refractivity contribution < 1.29 is 4.74 Å². The van der Waals surface area contributed by atoms with Gasteiger partial charge in [-0.1, -0.05) is 13.8 Å². The topological polar surface area (TPSA) is 50.3 Å². The number of rotatable bonds is 6. The van der Waals surface area contributed by atoms with E-state index in [9.17, 15) is 0 Å². The molecule has 2 rings (SSSR count). The SMILES string of the molecule is CCCNCc1ccnc(C2CN(CC)CCO2)n1. The van der Waals surface area contributed by atoms with Gasteiger partial charge in [0.1, 0.15) is 6.10 Å². The molecule has 1 atom stereocenters. The highest BCUT2D eigenvalue weighted by Crippen LogP contribution is 2.18. The summed E-state index contributed by atoms with van der Waals surface area (Å²) in [6, 6.07) is 1.96. The number of hydrogen-bond donors (Lipinski definition) is 1. The quantitative estimate of drug-likeness (QED) is 0.786. The van der Waals surface area contributed by atoms with Gasteiger partial charge in [-0.15, -0.1) is 0 Å². The average Bonchev–Trinajstić information content (AvgIpc) is 2.48. The van der Waals surface area contributed by atoms with Crippen LogP contribution in [0.2, 0.25) is 0 Å². The Hall–Kier alpha value is -1.04. The molecule has 1 N–H and O–H groups in total. The molecule has 2 heterocycles. The first-order valence-corrected chi connectivity index (χ1v) is 7.20. The van der Waals surface area contributed by atoms with Gasteiger partial charge in [-0.2, -0.15) is 0 Å². The Kier molecular flexibility index (Phi) is 5.69. The molecule has 5 nitrogen and oxygen atoms in total. The summed E-state index contributed by atoms with van der Waals surface area (Å²) >= 11 is 0. The number of ether oxygens (including phenoxy) is 1. The van der Waals surface area contributed by atoms with Crippen molar-refractivity contribution in [2.75, 3.05) is 32.8 Å².